The van der Waals surface area contributed by atoms with Gasteiger partial charge < -0.3 is 15.7 Å². The normalized spacial score (nSPS) is 11.8. The average Bonchev–Trinajstić information content (AvgIpc) is 2.39. The number of thiol groups is 1. The number of aliphatic carboxylic acids is 1. The maximum atomic E-state index is 11.6. The number of hydrogen-bond donors (Lipinski definition) is 4. The summed E-state index contributed by atoms with van der Waals surface area (Å²) in [6.07, 6.45) is 1.54. The number of amides is 1. The van der Waals surface area contributed by atoms with E-state index >= 15 is 0 Å². The summed E-state index contributed by atoms with van der Waals surface area (Å²) in [7, 11) is 0. The number of nitrogens with one attached hydrogen (secondary N) is 2. The zero-order valence-corrected chi connectivity index (χ0v) is 10.6. The van der Waals surface area contributed by atoms with Crippen molar-refractivity contribution < 1.29 is 14.7 Å². The lowest BCUT2D eigenvalue weighted by atomic mass is 10.3. The summed E-state index contributed by atoms with van der Waals surface area (Å²) in [6.45, 7) is 0.684. The summed E-state index contributed by atoms with van der Waals surface area (Å²) < 4.78 is 0. The molecule has 1 heterocycles. The Hall–Kier alpha value is -1.60. The van der Waals surface area contributed by atoms with Crippen LogP contribution >= 0.6 is 12.6 Å². The number of aromatic nitrogens is 1. The van der Waals surface area contributed by atoms with Crippen molar-refractivity contribution in [3.8, 4) is 0 Å². The zero-order chi connectivity index (χ0) is 13.4. The third-order valence-corrected chi connectivity index (χ3v) is 2.54. The van der Waals surface area contributed by atoms with Crippen LogP contribution in [0.25, 0.3) is 0 Å². The fourth-order valence-electron chi connectivity index (χ4n) is 1.24. The average molecular weight is 269 g/mol. The van der Waals surface area contributed by atoms with Gasteiger partial charge in [0.1, 0.15) is 11.7 Å². The van der Waals surface area contributed by atoms with Crippen molar-refractivity contribution in [1.82, 2.24) is 15.6 Å². The molecule has 0 saturated carbocycles. The molecule has 0 saturated heterocycles. The number of carboxylic acids is 1. The highest BCUT2D eigenvalue weighted by Crippen LogP contribution is 1.92. The number of carbonyl (C=O) groups excluding carboxylic acids is 1. The Bertz CT molecular complexity index is 400. The number of carbonyl (C=O) groups is 2. The third-order valence-electron chi connectivity index (χ3n) is 2.18. The predicted molar refractivity (Wildman–Crippen MR) is 69.8 cm³/mol. The van der Waals surface area contributed by atoms with E-state index in [0.717, 1.165) is 0 Å². The zero-order valence-electron chi connectivity index (χ0n) is 9.67. The van der Waals surface area contributed by atoms with Gasteiger partial charge in [-0.1, -0.05) is 6.07 Å². The van der Waals surface area contributed by atoms with Crippen molar-refractivity contribution in [2.75, 3.05) is 18.8 Å². The molecule has 6 nitrogen and oxygen atoms in total. The topological polar surface area (TPSA) is 91.3 Å². The van der Waals surface area contributed by atoms with E-state index in [-0.39, 0.29) is 11.7 Å². The molecule has 1 amide bonds. The van der Waals surface area contributed by atoms with Crippen LogP contribution in [0.1, 0.15) is 10.5 Å². The first-order valence-electron chi connectivity index (χ1n) is 5.41. The van der Waals surface area contributed by atoms with Crippen molar-refractivity contribution in [1.29, 1.82) is 0 Å². The number of nitrogens with zero attached hydrogens (tertiary/aromatic N) is 1. The lowest BCUT2D eigenvalue weighted by molar-refractivity contribution is -0.138. The van der Waals surface area contributed by atoms with Crippen molar-refractivity contribution in [3.63, 3.8) is 0 Å². The SMILES string of the molecule is O=C(NCCN[C@H](CS)C(=O)O)c1ccccn1. The number of pyridine rings is 1. The van der Waals surface area contributed by atoms with Crippen LogP contribution in [0, 0.1) is 0 Å². The molecule has 0 spiro atoms. The summed E-state index contributed by atoms with van der Waals surface area (Å²) in [4.78, 5) is 26.1. The molecule has 0 fully saturated rings. The summed E-state index contributed by atoms with van der Waals surface area (Å²) in [5.74, 6) is -1.04. The predicted octanol–water partition coefficient (Wildman–Crippen LogP) is -0.216. The molecule has 1 rings (SSSR count). The van der Waals surface area contributed by atoms with Crippen LogP contribution in [0.5, 0.6) is 0 Å². The summed E-state index contributed by atoms with van der Waals surface area (Å²) in [6, 6.07) is 4.35. The second-order valence-electron chi connectivity index (χ2n) is 3.50. The lowest BCUT2D eigenvalue weighted by Gasteiger charge is -2.11. The monoisotopic (exact) mass is 269 g/mol. The van der Waals surface area contributed by atoms with Gasteiger partial charge in [0.25, 0.3) is 5.91 Å². The minimum atomic E-state index is -0.957. The van der Waals surface area contributed by atoms with Gasteiger partial charge in [-0.15, -0.1) is 0 Å². The van der Waals surface area contributed by atoms with Gasteiger partial charge in [-0.05, 0) is 12.1 Å². The Morgan fingerprint density at radius 1 is 1.39 bits per heavy atom. The molecule has 0 bridgehead atoms. The summed E-state index contributed by atoms with van der Waals surface area (Å²) >= 11 is 3.91. The number of carboxylic acid groups (broad SMARTS) is 1. The van der Waals surface area contributed by atoms with Gasteiger partial charge in [0, 0.05) is 25.0 Å². The van der Waals surface area contributed by atoms with Crippen molar-refractivity contribution in [2.45, 2.75) is 6.04 Å². The smallest absolute Gasteiger partial charge is 0.321 e. The molecule has 0 aliphatic carbocycles. The molecule has 0 aliphatic rings. The van der Waals surface area contributed by atoms with E-state index in [2.05, 4.69) is 28.2 Å². The molecule has 3 N–H and O–H groups in total. The van der Waals surface area contributed by atoms with E-state index < -0.39 is 12.0 Å². The second kappa shape index (κ2) is 7.67. The molecule has 1 aromatic heterocycles. The van der Waals surface area contributed by atoms with E-state index in [0.29, 0.717) is 18.8 Å². The Balaban J connectivity index is 2.26. The molecule has 0 radical (unpaired) electrons. The van der Waals surface area contributed by atoms with Crippen LogP contribution in [0.4, 0.5) is 0 Å². The molecular formula is C11H15N3O3S. The van der Waals surface area contributed by atoms with Gasteiger partial charge in [-0.25, -0.2) is 0 Å². The maximum Gasteiger partial charge on any atom is 0.321 e. The van der Waals surface area contributed by atoms with E-state index in [1.165, 1.54) is 6.20 Å². The Labute approximate surface area is 110 Å². The van der Waals surface area contributed by atoms with Crippen LogP contribution in [-0.2, 0) is 4.79 Å². The fraction of sp³-hybridized carbons (Fsp3) is 0.364. The molecule has 1 aromatic rings. The Kier molecular flexibility index (Phi) is 6.16. The van der Waals surface area contributed by atoms with E-state index in [9.17, 15) is 9.59 Å². The van der Waals surface area contributed by atoms with Gasteiger partial charge >= 0.3 is 5.97 Å². The second-order valence-corrected chi connectivity index (χ2v) is 3.86. The van der Waals surface area contributed by atoms with Crippen LogP contribution in [-0.4, -0.2) is 46.9 Å². The Morgan fingerprint density at radius 3 is 2.72 bits per heavy atom. The molecule has 7 heteroatoms. The van der Waals surface area contributed by atoms with Gasteiger partial charge in [0.15, 0.2) is 0 Å². The minimum Gasteiger partial charge on any atom is -0.480 e. The highest BCUT2D eigenvalue weighted by molar-refractivity contribution is 7.80. The molecule has 98 valence electrons. The summed E-state index contributed by atoms with van der Waals surface area (Å²) in [5, 5.41) is 14.2. The maximum absolute atomic E-state index is 11.6. The first-order valence-corrected chi connectivity index (χ1v) is 6.04. The molecule has 18 heavy (non-hydrogen) atoms. The molecular weight excluding hydrogens is 254 g/mol. The minimum absolute atomic E-state index is 0.198. The van der Waals surface area contributed by atoms with E-state index in [4.69, 9.17) is 5.11 Å². The number of rotatable bonds is 7. The highest BCUT2D eigenvalue weighted by atomic mass is 32.1. The van der Waals surface area contributed by atoms with E-state index in [1.807, 2.05) is 0 Å². The Morgan fingerprint density at radius 2 is 2.17 bits per heavy atom. The van der Waals surface area contributed by atoms with Crippen molar-refractivity contribution in [2.24, 2.45) is 0 Å². The highest BCUT2D eigenvalue weighted by Gasteiger charge is 2.13. The van der Waals surface area contributed by atoms with Crippen LogP contribution < -0.4 is 10.6 Å². The van der Waals surface area contributed by atoms with Gasteiger partial charge in [0.05, 0.1) is 0 Å². The molecule has 0 aromatic carbocycles. The third kappa shape index (κ3) is 4.72. The number of hydrogen-bond acceptors (Lipinski definition) is 5. The van der Waals surface area contributed by atoms with Crippen LogP contribution in [0.2, 0.25) is 0 Å². The van der Waals surface area contributed by atoms with Gasteiger partial charge in [0.2, 0.25) is 0 Å². The van der Waals surface area contributed by atoms with Crippen LogP contribution in [0.15, 0.2) is 24.4 Å². The first kappa shape index (κ1) is 14.5. The molecule has 1 atom stereocenters. The molecule has 0 aliphatic heterocycles. The van der Waals surface area contributed by atoms with Crippen LogP contribution in [0.3, 0.4) is 0 Å². The van der Waals surface area contributed by atoms with Crippen molar-refractivity contribution in [3.05, 3.63) is 30.1 Å². The largest absolute Gasteiger partial charge is 0.480 e. The quantitative estimate of drug-likeness (QED) is 0.406. The first-order chi connectivity index (χ1) is 8.65. The lowest BCUT2D eigenvalue weighted by Crippen LogP contribution is -2.42. The van der Waals surface area contributed by atoms with Gasteiger partial charge in [-0.3, -0.25) is 14.6 Å². The summed E-state index contributed by atoms with van der Waals surface area (Å²) in [5.41, 5.74) is 0.335. The standard InChI is InChI=1S/C11H15N3O3S/c15-10(8-3-1-2-4-12-8)14-6-5-13-9(7-18)11(16)17/h1-4,9,13,18H,5-7H2,(H,14,15)(H,16,17)/t9-/m1/s1. The van der Waals surface area contributed by atoms with Crippen molar-refractivity contribution >= 4 is 24.5 Å². The van der Waals surface area contributed by atoms with Gasteiger partial charge in [-0.2, -0.15) is 12.6 Å². The molecule has 0 unspecified atom stereocenters. The van der Waals surface area contributed by atoms with E-state index in [1.54, 1.807) is 18.2 Å². The fourth-order valence-corrected chi connectivity index (χ4v) is 1.53.